The first-order chi connectivity index (χ1) is 15.7. The lowest BCUT2D eigenvalue weighted by Gasteiger charge is -2.03. The lowest BCUT2D eigenvalue weighted by molar-refractivity contribution is -0.119. The number of anilines is 1. The summed E-state index contributed by atoms with van der Waals surface area (Å²) in [6.45, 7) is 3.03. The number of carbonyl (C=O) groups is 1. The molecule has 32 heavy (non-hydrogen) atoms. The molecule has 0 amide bonds. The van der Waals surface area contributed by atoms with Gasteiger partial charge in [0.15, 0.2) is 5.95 Å². The van der Waals surface area contributed by atoms with Crippen LogP contribution in [-0.4, -0.2) is 30.7 Å². The van der Waals surface area contributed by atoms with Gasteiger partial charge in [-0.1, -0.05) is 69.9 Å². The fourth-order valence-corrected chi connectivity index (χ4v) is 4.06. The van der Waals surface area contributed by atoms with Crippen molar-refractivity contribution in [1.29, 1.82) is 0 Å². The monoisotopic (exact) mass is 444 g/mol. The molecule has 3 N–H and O–H groups in total. The first-order valence-electron chi connectivity index (χ1n) is 12.9. The lowest BCUT2D eigenvalue weighted by atomic mass is 10.0. The van der Waals surface area contributed by atoms with Crippen molar-refractivity contribution in [3.05, 3.63) is 23.8 Å². The standard InChI is InChI=1S/C25H44N6O/c1-2-3-4-5-6-7-8-9-13-17-24(32)18-14-19-31-21-23(29-30-31)16-12-10-11-15-22-20-27-25(26)28-22/h20-21H,2-19H2,1H3,(H3,26,27,28). The molecule has 0 radical (unpaired) electrons. The minimum Gasteiger partial charge on any atom is -0.369 e. The van der Waals surface area contributed by atoms with E-state index in [1.807, 2.05) is 17.1 Å². The van der Waals surface area contributed by atoms with E-state index in [0.29, 0.717) is 18.2 Å². The molecule has 0 saturated heterocycles. The number of nitrogens with zero attached hydrogens (tertiary/aromatic N) is 4. The number of unbranched alkanes of at least 4 members (excludes halogenated alkanes) is 10. The minimum atomic E-state index is 0.396. The molecule has 0 spiro atoms. The van der Waals surface area contributed by atoms with Crippen LogP contribution in [-0.2, 0) is 24.2 Å². The SMILES string of the molecule is CCCCCCCCCCCC(=O)CCCn1cc(CCCCCc2cnc(N)[nH]2)nn1. The molecule has 2 heterocycles. The van der Waals surface area contributed by atoms with Crippen LogP contribution >= 0.6 is 0 Å². The molecular formula is C25H44N6O. The number of H-pyrrole nitrogens is 1. The molecular weight excluding hydrogens is 400 g/mol. The fraction of sp³-hybridized carbons (Fsp3) is 0.760. The van der Waals surface area contributed by atoms with Crippen molar-refractivity contribution >= 4 is 11.7 Å². The van der Waals surface area contributed by atoms with Crippen LogP contribution in [0.4, 0.5) is 5.95 Å². The van der Waals surface area contributed by atoms with Gasteiger partial charge in [-0.15, -0.1) is 5.10 Å². The Morgan fingerprint density at radius 2 is 1.56 bits per heavy atom. The van der Waals surface area contributed by atoms with Gasteiger partial charge < -0.3 is 10.7 Å². The molecule has 2 aromatic heterocycles. The number of nitrogens with one attached hydrogen (secondary N) is 1. The highest BCUT2D eigenvalue weighted by molar-refractivity contribution is 5.78. The second-order valence-electron chi connectivity index (χ2n) is 9.05. The number of aromatic amines is 1. The summed E-state index contributed by atoms with van der Waals surface area (Å²) in [6.07, 6.45) is 23.0. The van der Waals surface area contributed by atoms with E-state index in [4.69, 9.17) is 5.73 Å². The number of rotatable bonds is 20. The summed E-state index contributed by atoms with van der Waals surface area (Å²) >= 11 is 0. The van der Waals surface area contributed by atoms with E-state index in [-0.39, 0.29) is 0 Å². The molecule has 0 aliphatic heterocycles. The molecule has 0 aliphatic carbocycles. The molecule has 2 aromatic rings. The molecule has 0 atom stereocenters. The van der Waals surface area contributed by atoms with Crippen molar-refractivity contribution in [2.24, 2.45) is 0 Å². The molecule has 7 nitrogen and oxygen atoms in total. The zero-order valence-electron chi connectivity index (χ0n) is 20.2. The summed E-state index contributed by atoms with van der Waals surface area (Å²) in [5.41, 5.74) is 7.73. The van der Waals surface area contributed by atoms with Crippen molar-refractivity contribution in [2.45, 2.75) is 123 Å². The third-order valence-electron chi connectivity index (χ3n) is 6.02. The van der Waals surface area contributed by atoms with Gasteiger partial charge in [-0.25, -0.2) is 4.98 Å². The Morgan fingerprint density at radius 3 is 2.28 bits per heavy atom. The number of nitrogens with two attached hydrogens (primary N) is 1. The third kappa shape index (κ3) is 12.0. The highest BCUT2D eigenvalue weighted by Gasteiger charge is 2.05. The van der Waals surface area contributed by atoms with Crippen LogP contribution in [0.5, 0.6) is 0 Å². The van der Waals surface area contributed by atoms with Gasteiger partial charge in [-0.2, -0.15) is 0 Å². The Balaban J connectivity index is 1.43. The zero-order valence-corrected chi connectivity index (χ0v) is 20.2. The first kappa shape index (κ1) is 26.1. The Labute approximate surface area is 194 Å². The van der Waals surface area contributed by atoms with Crippen LogP contribution in [0.15, 0.2) is 12.4 Å². The molecule has 0 bridgehead atoms. The number of aryl methyl sites for hydroxylation is 3. The molecule has 0 aliphatic rings. The van der Waals surface area contributed by atoms with Crippen molar-refractivity contribution in [2.75, 3.05) is 5.73 Å². The van der Waals surface area contributed by atoms with Gasteiger partial charge in [-0.05, 0) is 38.5 Å². The third-order valence-corrected chi connectivity index (χ3v) is 6.02. The number of imidazole rings is 1. The van der Waals surface area contributed by atoms with Crippen LogP contribution in [0.25, 0.3) is 0 Å². The van der Waals surface area contributed by atoms with E-state index in [0.717, 1.165) is 69.3 Å². The van der Waals surface area contributed by atoms with Gasteiger partial charge in [0.1, 0.15) is 5.78 Å². The normalized spacial score (nSPS) is 11.3. The van der Waals surface area contributed by atoms with E-state index >= 15 is 0 Å². The molecule has 0 unspecified atom stereocenters. The fourth-order valence-electron chi connectivity index (χ4n) is 4.06. The number of aromatic nitrogens is 5. The highest BCUT2D eigenvalue weighted by Crippen LogP contribution is 2.12. The summed E-state index contributed by atoms with van der Waals surface area (Å²) in [5, 5.41) is 8.48. The Hall–Kier alpha value is -2.18. The maximum atomic E-state index is 12.1. The van der Waals surface area contributed by atoms with E-state index < -0.39 is 0 Å². The van der Waals surface area contributed by atoms with Crippen LogP contribution in [0.3, 0.4) is 0 Å². The lowest BCUT2D eigenvalue weighted by Crippen LogP contribution is -2.03. The average molecular weight is 445 g/mol. The predicted octanol–water partition coefficient (Wildman–Crippen LogP) is 5.81. The highest BCUT2D eigenvalue weighted by atomic mass is 16.1. The van der Waals surface area contributed by atoms with Gasteiger partial charge in [0.2, 0.25) is 0 Å². The molecule has 180 valence electrons. The van der Waals surface area contributed by atoms with Crippen molar-refractivity contribution in [3.8, 4) is 0 Å². The quantitative estimate of drug-likeness (QED) is 0.251. The Morgan fingerprint density at radius 1 is 0.906 bits per heavy atom. The van der Waals surface area contributed by atoms with E-state index in [2.05, 4.69) is 27.2 Å². The summed E-state index contributed by atoms with van der Waals surface area (Å²) < 4.78 is 1.88. The summed E-state index contributed by atoms with van der Waals surface area (Å²) in [6, 6.07) is 0. The predicted molar refractivity (Wildman–Crippen MR) is 130 cm³/mol. The average Bonchev–Trinajstić information content (AvgIpc) is 3.41. The molecule has 7 heteroatoms. The van der Waals surface area contributed by atoms with Gasteiger partial charge in [0, 0.05) is 31.3 Å². The topological polar surface area (TPSA) is 102 Å². The van der Waals surface area contributed by atoms with Crippen LogP contribution in [0.2, 0.25) is 0 Å². The molecule has 2 rings (SSSR count). The summed E-state index contributed by atoms with van der Waals surface area (Å²) in [4.78, 5) is 19.2. The van der Waals surface area contributed by atoms with Crippen molar-refractivity contribution in [3.63, 3.8) is 0 Å². The number of Topliss-reactive ketones (excluding diaryl/α,β-unsaturated/α-hetero) is 1. The number of nitrogen functional groups attached to an aromatic ring is 1. The molecule has 0 saturated carbocycles. The summed E-state index contributed by atoms with van der Waals surface area (Å²) in [5.74, 6) is 0.883. The molecule has 0 fully saturated rings. The minimum absolute atomic E-state index is 0.396. The van der Waals surface area contributed by atoms with Crippen LogP contribution < -0.4 is 5.73 Å². The first-order valence-corrected chi connectivity index (χ1v) is 12.9. The maximum Gasteiger partial charge on any atom is 0.197 e. The molecule has 0 aromatic carbocycles. The number of hydrogen-bond acceptors (Lipinski definition) is 5. The maximum absolute atomic E-state index is 12.1. The summed E-state index contributed by atoms with van der Waals surface area (Å²) in [7, 11) is 0. The number of hydrogen-bond donors (Lipinski definition) is 2. The van der Waals surface area contributed by atoms with E-state index in [1.54, 1.807) is 0 Å². The number of carbonyl (C=O) groups excluding carboxylic acids is 1. The largest absolute Gasteiger partial charge is 0.369 e. The van der Waals surface area contributed by atoms with Crippen molar-refractivity contribution < 1.29 is 4.79 Å². The van der Waals surface area contributed by atoms with Gasteiger partial charge in [0.25, 0.3) is 0 Å². The van der Waals surface area contributed by atoms with Gasteiger partial charge >= 0.3 is 0 Å². The van der Waals surface area contributed by atoms with E-state index in [1.165, 1.54) is 51.4 Å². The Kier molecular flexibility index (Phi) is 13.4. The Bertz CT molecular complexity index is 738. The van der Waals surface area contributed by atoms with Crippen LogP contribution in [0.1, 0.15) is 115 Å². The van der Waals surface area contributed by atoms with Gasteiger partial charge in [0.05, 0.1) is 11.9 Å². The smallest absolute Gasteiger partial charge is 0.197 e. The second kappa shape index (κ2) is 16.5. The van der Waals surface area contributed by atoms with Crippen LogP contribution in [0, 0.1) is 0 Å². The number of ketones is 1. The van der Waals surface area contributed by atoms with Crippen molar-refractivity contribution in [1.82, 2.24) is 25.0 Å². The zero-order chi connectivity index (χ0) is 22.9. The van der Waals surface area contributed by atoms with Gasteiger partial charge in [-0.3, -0.25) is 9.48 Å². The second-order valence-corrected chi connectivity index (χ2v) is 9.05. The van der Waals surface area contributed by atoms with E-state index in [9.17, 15) is 4.79 Å².